The molecule has 1 saturated heterocycles. The summed E-state index contributed by atoms with van der Waals surface area (Å²) in [6.07, 6.45) is 1.88. The number of ether oxygens (including phenoxy) is 1. The molecule has 18 heavy (non-hydrogen) atoms. The van der Waals surface area contributed by atoms with E-state index in [0.29, 0.717) is 12.5 Å². The maximum Gasteiger partial charge on any atom is 0.316 e. The van der Waals surface area contributed by atoms with E-state index in [0.717, 1.165) is 26.1 Å². The molecule has 0 saturated carbocycles. The van der Waals surface area contributed by atoms with Crippen LogP contribution >= 0.6 is 0 Å². The summed E-state index contributed by atoms with van der Waals surface area (Å²) in [5.74, 6) is -2.02. The van der Waals surface area contributed by atoms with E-state index in [9.17, 15) is 9.59 Å². The summed E-state index contributed by atoms with van der Waals surface area (Å²) in [6.45, 7) is 5.62. The Labute approximate surface area is 108 Å². The van der Waals surface area contributed by atoms with Crippen molar-refractivity contribution in [1.82, 2.24) is 4.90 Å². The average molecular weight is 257 g/mol. The number of amides is 1. The standard InChI is InChI=1S/C13H23NO4/c1-9(2)11(13(16)17)12(15)14(3)8-10-4-6-18-7-5-10/h9-11H,4-8H2,1-3H3,(H,16,17). The smallest absolute Gasteiger partial charge is 0.316 e. The summed E-state index contributed by atoms with van der Waals surface area (Å²) in [7, 11) is 1.69. The Hall–Kier alpha value is -1.10. The summed E-state index contributed by atoms with van der Waals surface area (Å²) in [6, 6.07) is 0. The molecule has 0 spiro atoms. The van der Waals surface area contributed by atoms with Gasteiger partial charge in [0.2, 0.25) is 5.91 Å². The molecule has 1 rings (SSSR count). The van der Waals surface area contributed by atoms with Crippen LogP contribution in [0.2, 0.25) is 0 Å². The van der Waals surface area contributed by atoms with Crippen molar-refractivity contribution < 1.29 is 19.4 Å². The van der Waals surface area contributed by atoms with Crippen LogP contribution in [0.15, 0.2) is 0 Å². The van der Waals surface area contributed by atoms with Gasteiger partial charge < -0.3 is 14.7 Å². The molecule has 1 fully saturated rings. The molecule has 0 aliphatic carbocycles. The van der Waals surface area contributed by atoms with Gasteiger partial charge in [0.1, 0.15) is 5.92 Å². The van der Waals surface area contributed by atoms with Gasteiger partial charge in [0.15, 0.2) is 0 Å². The van der Waals surface area contributed by atoms with E-state index in [1.54, 1.807) is 25.8 Å². The van der Waals surface area contributed by atoms with Crippen LogP contribution < -0.4 is 0 Å². The van der Waals surface area contributed by atoms with Gasteiger partial charge in [0, 0.05) is 26.8 Å². The molecule has 1 unspecified atom stereocenters. The first-order valence-electron chi connectivity index (χ1n) is 6.49. The highest BCUT2D eigenvalue weighted by Gasteiger charge is 2.32. The van der Waals surface area contributed by atoms with Crippen molar-refractivity contribution in [3.05, 3.63) is 0 Å². The topological polar surface area (TPSA) is 66.8 Å². The van der Waals surface area contributed by atoms with Gasteiger partial charge >= 0.3 is 5.97 Å². The second-order valence-corrected chi connectivity index (χ2v) is 5.33. The zero-order chi connectivity index (χ0) is 13.7. The third kappa shape index (κ3) is 3.98. The lowest BCUT2D eigenvalue weighted by atomic mass is 9.93. The molecule has 0 bridgehead atoms. The molecule has 0 aromatic rings. The Morgan fingerprint density at radius 3 is 2.33 bits per heavy atom. The molecule has 5 heteroatoms. The third-order valence-corrected chi connectivity index (χ3v) is 3.45. The fourth-order valence-electron chi connectivity index (χ4n) is 2.32. The molecule has 5 nitrogen and oxygen atoms in total. The minimum absolute atomic E-state index is 0.188. The molecule has 1 aliphatic rings. The fraction of sp³-hybridized carbons (Fsp3) is 0.846. The highest BCUT2D eigenvalue weighted by molar-refractivity contribution is 5.97. The van der Waals surface area contributed by atoms with E-state index in [-0.39, 0.29) is 11.8 Å². The maximum absolute atomic E-state index is 12.1. The second-order valence-electron chi connectivity index (χ2n) is 5.33. The number of rotatable bonds is 5. The molecule has 1 heterocycles. The van der Waals surface area contributed by atoms with Gasteiger partial charge in [-0.15, -0.1) is 0 Å². The Morgan fingerprint density at radius 1 is 1.33 bits per heavy atom. The van der Waals surface area contributed by atoms with Gasteiger partial charge in [0.25, 0.3) is 0 Å². The van der Waals surface area contributed by atoms with Crippen molar-refractivity contribution in [3.8, 4) is 0 Å². The van der Waals surface area contributed by atoms with E-state index >= 15 is 0 Å². The number of carbonyl (C=O) groups excluding carboxylic acids is 1. The Kier molecular flexibility index (Phi) is 5.59. The quantitative estimate of drug-likeness (QED) is 0.752. The number of hydrogen-bond donors (Lipinski definition) is 1. The van der Waals surface area contributed by atoms with Crippen molar-refractivity contribution in [3.63, 3.8) is 0 Å². The van der Waals surface area contributed by atoms with Crippen LogP contribution in [0.5, 0.6) is 0 Å². The minimum atomic E-state index is -1.03. The number of carboxylic acid groups (broad SMARTS) is 1. The minimum Gasteiger partial charge on any atom is -0.481 e. The molecule has 104 valence electrons. The highest BCUT2D eigenvalue weighted by Crippen LogP contribution is 2.19. The summed E-state index contributed by atoms with van der Waals surface area (Å²) in [4.78, 5) is 24.8. The second kappa shape index (κ2) is 6.73. The first kappa shape index (κ1) is 15.0. The van der Waals surface area contributed by atoms with E-state index in [2.05, 4.69) is 0 Å². The lowest BCUT2D eigenvalue weighted by Gasteiger charge is -2.29. The van der Waals surface area contributed by atoms with Crippen LogP contribution in [0.1, 0.15) is 26.7 Å². The molecule has 1 amide bonds. The van der Waals surface area contributed by atoms with Crippen LogP contribution in [0.3, 0.4) is 0 Å². The number of carbonyl (C=O) groups is 2. The highest BCUT2D eigenvalue weighted by atomic mass is 16.5. The number of aliphatic carboxylic acids is 1. The van der Waals surface area contributed by atoms with Crippen LogP contribution in [0, 0.1) is 17.8 Å². The van der Waals surface area contributed by atoms with Gasteiger partial charge in [0.05, 0.1) is 0 Å². The van der Waals surface area contributed by atoms with E-state index in [1.807, 2.05) is 0 Å². The van der Waals surface area contributed by atoms with Crippen molar-refractivity contribution >= 4 is 11.9 Å². The SMILES string of the molecule is CC(C)C(C(=O)O)C(=O)N(C)CC1CCOCC1. The Balaban J connectivity index is 2.55. The summed E-state index contributed by atoms with van der Waals surface area (Å²) in [5.41, 5.74) is 0. The molecular weight excluding hydrogens is 234 g/mol. The van der Waals surface area contributed by atoms with Crippen LogP contribution in [-0.4, -0.2) is 48.7 Å². The predicted molar refractivity (Wildman–Crippen MR) is 67.1 cm³/mol. The lowest BCUT2D eigenvalue weighted by molar-refractivity contribution is -0.153. The molecule has 1 aliphatic heterocycles. The first-order chi connectivity index (χ1) is 8.43. The number of nitrogens with zero attached hydrogens (tertiary/aromatic N) is 1. The van der Waals surface area contributed by atoms with Crippen molar-refractivity contribution in [2.75, 3.05) is 26.8 Å². The first-order valence-corrected chi connectivity index (χ1v) is 6.49. The zero-order valence-corrected chi connectivity index (χ0v) is 11.4. The Bertz CT molecular complexity index is 297. The van der Waals surface area contributed by atoms with Gasteiger partial charge in [-0.2, -0.15) is 0 Å². The van der Waals surface area contributed by atoms with E-state index in [4.69, 9.17) is 9.84 Å². The average Bonchev–Trinajstić information content (AvgIpc) is 2.29. The van der Waals surface area contributed by atoms with Crippen LogP contribution in [0.4, 0.5) is 0 Å². The fourth-order valence-corrected chi connectivity index (χ4v) is 2.32. The molecule has 1 N–H and O–H groups in total. The van der Waals surface area contributed by atoms with Crippen LogP contribution in [0.25, 0.3) is 0 Å². The molecule has 0 radical (unpaired) electrons. The normalized spacial score (nSPS) is 18.7. The lowest BCUT2D eigenvalue weighted by Crippen LogP contribution is -2.42. The summed E-state index contributed by atoms with van der Waals surface area (Å²) >= 11 is 0. The molecule has 0 aromatic carbocycles. The van der Waals surface area contributed by atoms with Gasteiger partial charge in [-0.3, -0.25) is 9.59 Å². The molecular formula is C13H23NO4. The van der Waals surface area contributed by atoms with Gasteiger partial charge in [-0.05, 0) is 24.7 Å². The van der Waals surface area contributed by atoms with Crippen molar-refractivity contribution in [2.45, 2.75) is 26.7 Å². The predicted octanol–water partition coefficient (Wildman–Crippen LogP) is 1.23. The van der Waals surface area contributed by atoms with E-state index < -0.39 is 11.9 Å². The van der Waals surface area contributed by atoms with Crippen LogP contribution in [-0.2, 0) is 14.3 Å². The van der Waals surface area contributed by atoms with Gasteiger partial charge in [-0.1, -0.05) is 13.8 Å². The van der Waals surface area contributed by atoms with E-state index in [1.165, 1.54) is 0 Å². The summed E-state index contributed by atoms with van der Waals surface area (Å²) < 4.78 is 5.27. The molecule has 1 atom stereocenters. The largest absolute Gasteiger partial charge is 0.481 e. The number of carboxylic acids is 1. The monoisotopic (exact) mass is 257 g/mol. The summed E-state index contributed by atoms with van der Waals surface area (Å²) in [5, 5.41) is 9.10. The maximum atomic E-state index is 12.1. The number of hydrogen-bond acceptors (Lipinski definition) is 3. The molecule has 0 aromatic heterocycles. The van der Waals surface area contributed by atoms with Gasteiger partial charge in [-0.25, -0.2) is 0 Å². The Morgan fingerprint density at radius 2 is 1.89 bits per heavy atom. The third-order valence-electron chi connectivity index (χ3n) is 3.45. The van der Waals surface area contributed by atoms with Crippen molar-refractivity contribution in [1.29, 1.82) is 0 Å². The van der Waals surface area contributed by atoms with Crippen molar-refractivity contribution in [2.24, 2.45) is 17.8 Å². The zero-order valence-electron chi connectivity index (χ0n) is 11.4.